The largest absolute Gasteiger partial charge is 0.493 e. The molecule has 0 unspecified atom stereocenters. The van der Waals surface area contributed by atoms with Gasteiger partial charge in [0.05, 0.1) is 19.8 Å². The number of para-hydroxylation sites is 1. The number of benzene rings is 3. The highest BCUT2D eigenvalue weighted by Gasteiger charge is 2.36. The SMILES string of the molecule is COc1ccc(CCN2B(c3ccccc3)Nc3ccccc3C2=O)cc1OC. The quantitative estimate of drug-likeness (QED) is 0.661. The van der Waals surface area contributed by atoms with Crippen LogP contribution in [0, 0.1) is 0 Å². The molecule has 1 N–H and O–H groups in total. The highest BCUT2D eigenvalue weighted by molar-refractivity contribution is 6.76. The Morgan fingerprint density at radius 2 is 1.62 bits per heavy atom. The van der Waals surface area contributed by atoms with Gasteiger partial charge in [-0.1, -0.05) is 48.5 Å². The Hall–Kier alpha value is -3.41. The average Bonchev–Trinajstić information content (AvgIpc) is 2.78. The molecule has 0 saturated heterocycles. The molecule has 0 aliphatic carbocycles. The van der Waals surface area contributed by atoms with E-state index in [4.69, 9.17) is 9.47 Å². The fourth-order valence-electron chi connectivity index (χ4n) is 3.71. The molecule has 3 aromatic carbocycles. The Labute approximate surface area is 171 Å². The van der Waals surface area contributed by atoms with Crippen LogP contribution in [0.1, 0.15) is 15.9 Å². The van der Waals surface area contributed by atoms with Crippen molar-refractivity contribution in [3.8, 4) is 11.5 Å². The lowest BCUT2D eigenvalue weighted by Crippen LogP contribution is -2.59. The number of rotatable bonds is 6. The van der Waals surface area contributed by atoms with Gasteiger partial charge < -0.3 is 19.5 Å². The van der Waals surface area contributed by atoms with E-state index in [1.54, 1.807) is 14.2 Å². The van der Waals surface area contributed by atoms with Gasteiger partial charge in [-0.2, -0.15) is 0 Å². The van der Waals surface area contributed by atoms with Crippen molar-refractivity contribution in [1.29, 1.82) is 0 Å². The number of hydrogen-bond donors (Lipinski definition) is 1. The van der Waals surface area contributed by atoms with Gasteiger partial charge in [0.1, 0.15) is 0 Å². The van der Waals surface area contributed by atoms with Crippen molar-refractivity contribution in [2.45, 2.75) is 6.42 Å². The molecule has 0 atom stereocenters. The van der Waals surface area contributed by atoms with Crippen LogP contribution in [-0.2, 0) is 6.42 Å². The predicted molar refractivity (Wildman–Crippen MR) is 116 cm³/mol. The molecule has 1 amide bonds. The van der Waals surface area contributed by atoms with Gasteiger partial charge >= 0.3 is 6.98 Å². The van der Waals surface area contributed by atoms with E-state index >= 15 is 0 Å². The average molecular weight is 386 g/mol. The van der Waals surface area contributed by atoms with E-state index in [1.807, 2.05) is 77.6 Å². The molecule has 0 bridgehead atoms. The standard InChI is InChI=1S/C23H23BN2O3/c1-28-21-13-12-17(16-22(21)29-2)14-15-26-23(27)19-10-6-7-11-20(19)25-24(26)18-8-4-3-5-9-18/h3-13,16,25H,14-15H2,1-2H3. The van der Waals surface area contributed by atoms with Gasteiger partial charge in [0, 0.05) is 12.2 Å². The summed E-state index contributed by atoms with van der Waals surface area (Å²) in [7, 11) is 3.25. The lowest BCUT2D eigenvalue weighted by atomic mass is 9.63. The van der Waals surface area contributed by atoms with Crippen LogP contribution in [-0.4, -0.2) is 38.5 Å². The second-order valence-corrected chi connectivity index (χ2v) is 6.94. The minimum Gasteiger partial charge on any atom is -0.493 e. The van der Waals surface area contributed by atoms with Crippen LogP contribution in [0.4, 0.5) is 5.69 Å². The number of methoxy groups -OCH3 is 2. The summed E-state index contributed by atoms with van der Waals surface area (Å²) >= 11 is 0. The molecule has 1 heterocycles. The Morgan fingerprint density at radius 1 is 0.897 bits per heavy atom. The summed E-state index contributed by atoms with van der Waals surface area (Å²) < 4.78 is 10.7. The molecule has 3 aromatic rings. The van der Waals surface area contributed by atoms with E-state index in [0.29, 0.717) is 30.0 Å². The second kappa shape index (κ2) is 8.31. The molecule has 4 rings (SSSR count). The number of nitrogens with one attached hydrogen (secondary N) is 1. The molecule has 0 radical (unpaired) electrons. The molecule has 1 aliphatic rings. The first-order valence-electron chi connectivity index (χ1n) is 9.63. The van der Waals surface area contributed by atoms with E-state index in [-0.39, 0.29) is 12.9 Å². The van der Waals surface area contributed by atoms with Crippen molar-refractivity contribution in [3.63, 3.8) is 0 Å². The maximum atomic E-state index is 13.3. The maximum absolute atomic E-state index is 13.3. The highest BCUT2D eigenvalue weighted by Crippen LogP contribution is 2.28. The fraction of sp³-hybridized carbons (Fsp3) is 0.174. The molecule has 5 nitrogen and oxygen atoms in total. The molecule has 0 saturated carbocycles. The van der Waals surface area contributed by atoms with E-state index in [2.05, 4.69) is 5.23 Å². The Bertz CT molecular complexity index is 1010. The first-order chi connectivity index (χ1) is 14.2. The number of anilines is 1. The number of amides is 1. The van der Waals surface area contributed by atoms with Crippen molar-refractivity contribution >= 4 is 24.0 Å². The minimum atomic E-state index is -0.209. The Morgan fingerprint density at radius 3 is 2.38 bits per heavy atom. The monoisotopic (exact) mass is 386 g/mol. The van der Waals surface area contributed by atoms with E-state index < -0.39 is 0 Å². The van der Waals surface area contributed by atoms with Gasteiger partial charge in [0.2, 0.25) is 5.91 Å². The number of nitrogens with zero attached hydrogens (tertiary/aromatic N) is 1. The van der Waals surface area contributed by atoms with Gasteiger partial charge in [-0.15, -0.1) is 0 Å². The van der Waals surface area contributed by atoms with Crippen molar-refractivity contribution in [3.05, 3.63) is 83.9 Å². The molecule has 146 valence electrons. The van der Waals surface area contributed by atoms with Crippen molar-refractivity contribution < 1.29 is 14.3 Å². The van der Waals surface area contributed by atoms with E-state index in [0.717, 1.165) is 16.7 Å². The zero-order valence-corrected chi connectivity index (χ0v) is 16.6. The molecular formula is C23H23BN2O3. The second-order valence-electron chi connectivity index (χ2n) is 6.94. The minimum absolute atomic E-state index is 0.0358. The first kappa shape index (κ1) is 18.9. The zero-order valence-electron chi connectivity index (χ0n) is 16.6. The van der Waals surface area contributed by atoms with Crippen LogP contribution >= 0.6 is 0 Å². The molecule has 0 aromatic heterocycles. The molecule has 0 fully saturated rings. The van der Waals surface area contributed by atoms with Crippen LogP contribution in [0.3, 0.4) is 0 Å². The third-order valence-corrected chi connectivity index (χ3v) is 5.23. The third kappa shape index (κ3) is 3.79. The summed E-state index contributed by atoms with van der Waals surface area (Å²) in [6.07, 6.45) is 0.708. The number of hydrogen-bond acceptors (Lipinski definition) is 4. The number of ether oxygens (including phenoxy) is 2. The van der Waals surface area contributed by atoms with Crippen LogP contribution in [0.15, 0.2) is 72.8 Å². The smallest absolute Gasteiger partial charge is 0.411 e. The maximum Gasteiger partial charge on any atom is 0.411 e. The van der Waals surface area contributed by atoms with Crippen LogP contribution in [0.5, 0.6) is 11.5 Å². The number of carbonyl (C=O) groups is 1. The van der Waals surface area contributed by atoms with Gasteiger partial charge in [-0.3, -0.25) is 4.79 Å². The van der Waals surface area contributed by atoms with Gasteiger partial charge in [-0.05, 0) is 41.7 Å². The van der Waals surface area contributed by atoms with Crippen molar-refractivity contribution in [2.24, 2.45) is 0 Å². The van der Waals surface area contributed by atoms with Crippen LogP contribution in [0.2, 0.25) is 0 Å². The fourth-order valence-corrected chi connectivity index (χ4v) is 3.71. The summed E-state index contributed by atoms with van der Waals surface area (Å²) in [4.78, 5) is 15.2. The summed E-state index contributed by atoms with van der Waals surface area (Å²) in [5.74, 6) is 1.43. The third-order valence-electron chi connectivity index (χ3n) is 5.23. The molecular weight excluding hydrogens is 363 g/mol. The van der Waals surface area contributed by atoms with Gasteiger partial charge in [-0.25, -0.2) is 0 Å². The lowest BCUT2D eigenvalue weighted by molar-refractivity contribution is 0.0855. The summed E-state index contributed by atoms with van der Waals surface area (Å²) in [5.41, 5.74) is 3.71. The van der Waals surface area contributed by atoms with Crippen molar-refractivity contribution in [1.82, 2.24) is 4.81 Å². The molecule has 29 heavy (non-hydrogen) atoms. The highest BCUT2D eigenvalue weighted by atomic mass is 16.5. The number of fused-ring (bicyclic) bond motifs is 1. The first-order valence-corrected chi connectivity index (χ1v) is 9.63. The van der Waals surface area contributed by atoms with Crippen LogP contribution in [0.25, 0.3) is 0 Å². The molecule has 1 aliphatic heterocycles. The van der Waals surface area contributed by atoms with E-state index in [1.165, 1.54) is 0 Å². The normalized spacial score (nSPS) is 13.0. The summed E-state index contributed by atoms with van der Waals surface area (Å²) in [6.45, 7) is 0.369. The zero-order chi connectivity index (χ0) is 20.2. The summed E-state index contributed by atoms with van der Waals surface area (Å²) in [5, 5.41) is 3.53. The topological polar surface area (TPSA) is 50.8 Å². The van der Waals surface area contributed by atoms with Gasteiger partial charge in [0.15, 0.2) is 11.5 Å². The van der Waals surface area contributed by atoms with Gasteiger partial charge in [0.25, 0.3) is 0 Å². The van der Waals surface area contributed by atoms with Crippen molar-refractivity contribution in [2.75, 3.05) is 26.0 Å². The Balaban J connectivity index is 1.62. The van der Waals surface area contributed by atoms with E-state index in [9.17, 15) is 4.79 Å². The van der Waals surface area contributed by atoms with Crippen LogP contribution < -0.4 is 20.2 Å². The predicted octanol–water partition coefficient (Wildman–Crippen LogP) is 3.21. The number of carbonyl (C=O) groups excluding carboxylic acids is 1. The summed E-state index contributed by atoms with van der Waals surface area (Å²) in [6, 6.07) is 23.6. The lowest BCUT2D eigenvalue weighted by Gasteiger charge is -2.35. The Kier molecular flexibility index (Phi) is 5.43. The molecule has 0 spiro atoms. The molecule has 6 heteroatoms.